The number of carbonyl (C=O) groups is 1. The minimum Gasteiger partial charge on any atom is -0.480 e. The second kappa shape index (κ2) is 5.68. The number of carboxylic acids is 1. The Hall–Kier alpha value is -1.44. The molecular formula is C12H16N2O4S. The minimum absolute atomic E-state index is 0.0424. The number of piperazine rings is 1. The monoisotopic (exact) mass is 284 g/mol. The second-order valence-corrected chi connectivity index (χ2v) is 6.32. The Labute approximate surface area is 112 Å². The summed E-state index contributed by atoms with van der Waals surface area (Å²) in [4.78, 5) is 12.6. The Morgan fingerprint density at radius 3 is 2.21 bits per heavy atom. The van der Waals surface area contributed by atoms with Gasteiger partial charge in [0.05, 0.1) is 11.4 Å². The number of aliphatic carboxylic acids is 1. The summed E-state index contributed by atoms with van der Waals surface area (Å²) in [6.45, 7) is 1.49. The van der Waals surface area contributed by atoms with Gasteiger partial charge in [0.2, 0.25) is 10.0 Å². The van der Waals surface area contributed by atoms with Crippen LogP contribution >= 0.6 is 0 Å². The van der Waals surface area contributed by atoms with Crippen molar-refractivity contribution in [3.63, 3.8) is 0 Å². The van der Waals surface area contributed by atoms with Crippen LogP contribution < -0.4 is 0 Å². The number of rotatable bonds is 4. The van der Waals surface area contributed by atoms with Crippen LogP contribution in [0.2, 0.25) is 0 Å². The molecule has 2 rings (SSSR count). The molecule has 0 spiro atoms. The molecule has 0 atom stereocenters. The van der Waals surface area contributed by atoms with E-state index in [0.717, 1.165) is 0 Å². The van der Waals surface area contributed by atoms with Crippen molar-refractivity contribution in [1.82, 2.24) is 9.21 Å². The molecule has 0 radical (unpaired) electrons. The third-order valence-electron chi connectivity index (χ3n) is 3.07. The van der Waals surface area contributed by atoms with Crippen molar-refractivity contribution in [2.75, 3.05) is 32.7 Å². The summed E-state index contributed by atoms with van der Waals surface area (Å²) in [6, 6.07) is 8.28. The van der Waals surface area contributed by atoms with E-state index in [0.29, 0.717) is 26.2 Å². The minimum atomic E-state index is -3.45. The van der Waals surface area contributed by atoms with Gasteiger partial charge in [-0.25, -0.2) is 8.42 Å². The first-order valence-electron chi connectivity index (χ1n) is 5.99. The van der Waals surface area contributed by atoms with Crippen molar-refractivity contribution in [2.24, 2.45) is 0 Å². The maximum absolute atomic E-state index is 12.3. The maximum Gasteiger partial charge on any atom is 0.317 e. The van der Waals surface area contributed by atoms with Gasteiger partial charge in [-0.3, -0.25) is 9.69 Å². The molecule has 0 unspecified atom stereocenters. The van der Waals surface area contributed by atoms with Gasteiger partial charge in [0.1, 0.15) is 0 Å². The molecule has 1 N–H and O–H groups in total. The molecule has 6 nitrogen and oxygen atoms in total. The van der Waals surface area contributed by atoms with Crippen LogP contribution in [0.15, 0.2) is 35.2 Å². The van der Waals surface area contributed by atoms with E-state index in [1.54, 1.807) is 35.2 Å². The van der Waals surface area contributed by atoms with E-state index in [9.17, 15) is 13.2 Å². The number of benzene rings is 1. The van der Waals surface area contributed by atoms with Crippen molar-refractivity contribution in [2.45, 2.75) is 4.90 Å². The van der Waals surface area contributed by atoms with Gasteiger partial charge < -0.3 is 5.11 Å². The van der Waals surface area contributed by atoms with E-state index in [1.165, 1.54) is 4.31 Å². The molecule has 0 amide bonds. The fourth-order valence-electron chi connectivity index (χ4n) is 2.06. The van der Waals surface area contributed by atoms with Crippen LogP contribution in [0.4, 0.5) is 0 Å². The molecule has 1 aliphatic rings. The van der Waals surface area contributed by atoms with Gasteiger partial charge >= 0.3 is 5.97 Å². The van der Waals surface area contributed by atoms with Gasteiger partial charge in [-0.15, -0.1) is 0 Å². The van der Waals surface area contributed by atoms with E-state index in [4.69, 9.17) is 5.11 Å². The predicted octanol–water partition coefficient (Wildman–Crippen LogP) is 0.0775. The first-order valence-corrected chi connectivity index (χ1v) is 7.43. The highest BCUT2D eigenvalue weighted by molar-refractivity contribution is 7.89. The van der Waals surface area contributed by atoms with Gasteiger partial charge in [0, 0.05) is 26.2 Å². The molecule has 1 aromatic carbocycles. The Morgan fingerprint density at radius 1 is 1.11 bits per heavy atom. The second-order valence-electron chi connectivity index (χ2n) is 4.39. The lowest BCUT2D eigenvalue weighted by molar-refractivity contribution is -0.138. The smallest absolute Gasteiger partial charge is 0.317 e. The molecule has 104 valence electrons. The first-order chi connectivity index (χ1) is 9.00. The first kappa shape index (κ1) is 14.0. The zero-order chi connectivity index (χ0) is 13.9. The molecule has 1 aromatic rings. The summed E-state index contributed by atoms with van der Waals surface area (Å²) in [5.74, 6) is -0.889. The van der Waals surface area contributed by atoms with Crippen LogP contribution in [0.25, 0.3) is 0 Å². The quantitative estimate of drug-likeness (QED) is 0.847. The van der Waals surface area contributed by atoms with Gasteiger partial charge in [0.15, 0.2) is 0 Å². The Morgan fingerprint density at radius 2 is 1.68 bits per heavy atom. The largest absolute Gasteiger partial charge is 0.480 e. The maximum atomic E-state index is 12.3. The van der Waals surface area contributed by atoms with E-state index in [2.05, 4.69) is 0 Å². The molecule has 1 heterocycles. The molecule has 19 heavy (non-hydrogen) atoms. The third-order valence-corrected chi connectivity index (χ3v) is 4.98. The van der Waals surface area contributed by atoms with Crippen molar-refractivity contribution < 1.29 is 18.3 Å². The topological polar surface area (TPSA) is 77.9 Å². The van der Waals surface area contributed by atoms with E-state index >= 15 is 0 Å². The lowest BCUT2D eigenvalue weighted by atomic mass is 10.3. The number of carboxylic acid groups (broad SMARTS) is 1. The fourth-order valence-corrected chi connectivity index (χ4v) is 3.50. The molecule has 0 aromatic heterocycles. The molecule has 0 bridgehead atoms. The van der Waals surface area contributed by atoms with Crippen molar-refractivity contribution in [3.05, 3.63) is 30.3 Å². The number of hydrogen-bond acceptors (Lipinski definition) is 4. The molecular weight excluding hydrogens is 268 g/mol. The van der Waals surface area contributed by atoms with Crippen molar-refractivity contribution in [1.29, 1.82) is 0 Å². The highest BCUT2D eigenvalue weighted by Crippen LogP contribution is 2.16. The SMILES string of the molecule is O=C(O)CN1CCN(S(=O)(=O)c2ccccc2)CC1. The number of hydrogen-bond donors (Lipinski definition) is 1. The van der Waals surface area contributed by atoms with E-state index in [-0.39, 0.29) is 11.4 Å². The summed E-state index contributed by atoms with van der Waals surface area (Å²) in [5, 5.41) is 8.70. The predicted molar refractivity (Wildman–Crippen MR) is 69.3 cm³/mol. The lowest BCUT2D eigenvalue weighted by Crippen LogP contribution is -2.49. The summed E-state index contributed by atoms with van der Waals surface area (Å²) < 4.78 is 26.0. The van der Waals surface area contributed by atoms with Crippen molar-refractivity contribution >= 4 is 16.0 Å². The van der Waals surface area contributed by atoms with Gasteiger partial charge in [-0.2, -0.15) is 4.31 Å². The van der Waals surface area contributed by atoms with Crippen molar-refractivity contribution in [3.8, 4) is 0 Å². The summed E-state index contributed by atoms with van der Waals surface area (Å²) in [5.41, 5.74) is 0. The fraction of sp³-hybridized carbons (Fsp3) is 0.417. The standard InChI is InChI=1S/C12H16N2O4S/c15-12(16)10-13-6-8-14(9-7-13)19(17,18)11-4-2-1-3-5-11/h1-5H,6-10H2,(H,15,16). The van der Waals surface area contributed by atoms with Crippen LogP contribution in [0.1, 0.15) is 0 Å². The molecule has 7 heteroatoms. The number of sulfonamides is 1. The zero-order valence-electron chi connectivity index (χ0n) is 10.4. The van der Waals surface area contributed by atoms with Crippen LogP contribution in [0.5, 0.6) is 0 Å². The summed E-state index contributed by atoms with van der Waals surface area (Å²) in [6.07, 6.45) is 0. The molecule has 1 fully saturated rings. The molecule has 1 aliphatic heterocycles. The van der Waals surface area contributed by atoms with Gasteiger partial charge in [0.25, 0.3) is 0 Å². The Balaban J connectivity index is 2.03. The highest BCUT2D eigenvalue weighted by atomic mass is 32.2. The highest BCUT2D eigenvalue weighted by Gasteiger charge is 2.28. The van der Waals surface area contributed by atoms with Crippen LogP contribution in [0, 0.1) is 0 Å². The van der Waals surface area contributed by atoms with E-state index < -0.39 is 16.0 Å². The average molecular weight is 284 g/mol. The summed E-state index contributed by atoms with van der Waals surface area (Å²) in [7, 11) is -3.45. The molecule has 0 saturated carbocycles. The Bertz CT molecular complexity index is 536. The van der Waals surface area contributed by atoms with Crippen LogP contribution in [-0.2, 0) is 14.8 Å². The lowest BCUT2D eigenvalue weighted by Gasteiger charge is -2.32. The molecule has 1 saturated heterocycles. The summed E-state index contributed by atoms with van der Waals surface area (Å²) >= 11 is 0. The third kappa shape index (κ3) is 3.31. The van der Waals surface area contributed by atoms with Crippen LogP contribution in [-0.4, -0.2) is 61.4 Å². The van der Waals surface area contributed by atoms with E-state index in [1.807, 2.05) is 0 Å². The zero-order valence-corrected chi connectivity index (χ0v) is 11.2. The normalized spacial score (nSPS) is 18.3. The number of nitrogens with zero attached hydrogens (tertiary/aromatic N) is 2. The van der Waals surface area contributed by atoms with Crippen LogP contribution in [0.3, 0.4) is 0 Å². The Kier molecular flexibility index (Phi) is 4.18. The molecule has 0 aliphatic carbocycles. The van der Waals surface area contributed by atoms with Gasteiger partial charge in [-0.1, -0.05) is 18.2 Å². The average Bonchev–Trinajstić information content (AvgIpc) is 2.40. The van der Waals surface area contributed by atoms with Gasteiger partial charge in [-0.05, 0) is 12.1 Å².